The lowest BCUT2D eigenvalue weighted by molar-refractivity contribution is -0.140. The number of aromatic amines is 1. The predicted octanol–water partition coefficient (Wildman–Crippen LogP) is 4.46. The van der Waals surface area contributed by atoms with Crippen LogP contribution < -0.4 is 10.6 Å². The molecule has 1 aromatic carbocycles. The summed E-state index contributed by atoms with van der Waals surface area (Å²) < 4.78 is 45.1. The van der Waals surface area contributed by atoms with Gasteiger partial charge in [0.05, 0.1) is 18.0 Å². The zero-order valence-electron chi connectivity index (χ0n) is 17.3. The van der Waals surface area contributed by atoms with E-state index >= 15 is 0 Å². The molecule has 0 saturated heterocycles. The Balaban J connectivity index is 1.61. The van der Waals surface area contributed by atoms with Gasteiger partial charge in [-0.1, -0.05) is 31.2 Å². The summed E-state index contributed by atoms with van der Waals surface area (Å²) in [5.74, 6) is 0.382. The summed E-state index contributed by atoms with van der Waals surface area (Å²) in [4.78, 5) is 10.6. The molecular formula is C22H26F3N5O. The Morgan fingerprint density at radius 2 is 2.03 bits per heavy atom. The van der Waals surface area contributed by atoms with Crippen LogP contribution in [-0.4, -0.2) is 40.8 Å². The molecule has 3 aromatic rings. The fourth-order valence-corrected chi connectivity index (χ4v) is 4.08. The van der Waals surface area contributed by atoms with E-state index in [0.717, 1.165) is 37.5 Å². The molecule has 6 nitrogen and oxygen atoms in total. The number of anilines is 1. The van der Waals surface area contributed by atoms with Crippen LogP contribution in [0.15, 0.2) is 36.7 Å². The normalized spacial score (nSPS) is 18.8. The van der Waals surface area contributed by atoms with E-state index in [-0.39, 0.29) is 17.7 Å². The minimum Gasteiger partial charge on any atom is -0.380 e. The van der Waals surface area contributed by atoms with Crippen LogP contribution in [0.2, 0.25) is 0 Å². The number of fused-ring (bicyclic) bond motifs is 2. The first-order chi connectivity index (χ1) is 15.0. The summed E-state index contributed by atoms with van der Waals surface area (Å²) in [6.45, 7) is 4.11. The highest BCUT2D eigenvalue weighted by Gasteiger charge is 2.34. The van der Waals surface area contributed by atoms with Crippen LogP contribution in [0, 0.1) is 0 Å². The molecule has 4 rings (SSSR count). The Kier molecular flexibility index (Phi) is 6.43. The number of ether oxygens (including phenoxy) is 1. The topological polar surface area (TPSA) is 74.9 Å². The van der Waals surface area contributed by atoms with Crippen molar-refractivity contribution in [2.75, 3.05) is 25.1 Å². The van der Waals surface area contributed by atoms with Crippen molar-refractivity contribution in [2.45, 2.75) is 44.4 Å². The van der Waals surface area contributed by atoms with Gasteiger partial charge in [0, 0.05) is 19.2 Å². The molecule has 0 spiro atoms. The number of hydrogen-bond acceptors (Lipinski definition) is 5. The van der Waals surface area contributed by atoms with Gasteiger partial charge in [-0.15, -0.1) is 0 Å². The molecular weight excluding hydrogens is 407 g/mol. The average molecular weight is 433 g/mol. The Bertz CT molecular complexity index is 1020. The molecule has 2 heterocycles. The molecule has 0 radical (unpaired) electrons. The molecule has 31 heavy (non-hydrogen) atoms. The number of nitrogens with one attached hydrogen (secondary N) is 3. The molecule has 9 heteroatoms. The minimum atomic E-state index is -4.47. The number of benzene rings is 1. The van der Waals surface area contributed by atoms with Crippen molar-refractivity contribution in [2.24, 2.45) is 0 Å². The van der Waals surface area contributed by atoms with Crippen LogP contribution >= 0.6 is 0 Å². The van der Waals surface area contributed by atoms with E-state index in [0.29, 0.717) is 24.4 Å². The van der Waals surface area contributed by atoms with E-state index < -0.39 is 11.9 Å². The number of nitrogens with zero attached hydrogens (tertiary/aromatic N) is 2. The number of H-pyrrole nitrogens is 1. The van der Waals surface area contributed by atoms with Crippen LogP contribution in [0.3, 0.4) is 0 Å². The average Bonchev–Trinajstić information content (AvgIpc) is 3.21. The summed E-state index contributed by atoms with van der Waals surface area (Å²) in [5.41, 5.74) is 1.68. The summed E-state index contributed by atoms with van der Waals surface area (Å²) in [6, 6.07) is 9.15. The summed E-state index contributed by atoms with van der Waals surface area (Å²) in [6.07, 6.45) is -0.392. The van der Waals surface area contributed by atoms with Crippen molar-refractivity contribution >= 4 is 16.9 Å². The van der Waals surface area contributed by atoms with Gasteiger partial charge in [-0.2, -0.15) is 13.2 Å². The number of halogens is 3. The molecule has 1 aliphatic carbocycles. The molecule has 166 valence electrons. The van der Waals surface area contributed by atoms with Gasteiger partial charge < -0.3 is 20.4 Å². The Labute approximate surface area is 178 Å². The zero-order chi connectivity index (χ0) is 21.8. The number of alkyl halides is 3. The van der Waals surface area contributed by atoms with E-state index in [9.17, 15) is 13.2 Å². The number of hydrogen-bond donors (Lipinski definition) is 3. The van der Waals surface area contributed by atoms with Gasteiger partial charge in [0.1, 0.15) is 23.5 Å². The van der Waals surface area contributed by atoms with Crippen molar-refractivity contribution in [1.29, 1.82) is 0 Å². The van der Waals surface area contributed by atoms with E-state index in [4.69, 9.17) is 4.74 Å². The lowest BCUT2D eigenvalue weighted by Gasteiger charge is -2.35. The van der Waals surface area contributed by atoms with Crippen molar-refractivity contribution in [3.63, 3.8) is 0 Å². The quantitative estimate of drug-likeness (QED) is 0.458. The maximum absolute atomic E-state index is 13.2. The first-order valence-electron chi connectivity index (χ1n) is 10.5. The summed E-state index contributed by atoms with van der Waals surface area (Å²) in [5, 5.41) is 7.28. The van der Waals surface area contributed by atoms with Crippen molar-refractivity contribution in [3.05, 3.63) is 53.5 Å². The van der Waals surface area contributed by atoms with Crippen LogP contribution in [0.1, 0.15) is 42.6 Å². The molecule has 2 aromatic heterocycles. The number of rotatable bonds is 8. The maximum atomic E-state index is 13.2. The van der Waals surface area contributed by atoms with Gasteiger partial charge in [0.25, 0.3) is 0 Å². The van der Waals surface area contributed by atoms with Gasteiger partial charge in [-0.05, 0) is 36.5 Å². The van der Waals surface area contributed by atoms with Gasteiger partial charge in [0.2, 0.25) is 0 Å². The lowest BCUT2D eigenvalue weighted by Crippen LogP contribution is -2.43. The molecule has 0 aliphatic heterocycles. The second kappa shape index (κ2) is 9.23. The fraction of sp³-hybridized carbons (Fsp3) is 0.455. The smallest absolute Gasteiger partial charge is 0.380 e. The Morgan fingerprint density at radius 1 is 1.19 bits per heavy atom. The number of aromatic nitrogens is 3. The fourth-order valence-electron chi connectivity index (χ4n) is 4.08. The zero-order valence-corrected chi connectivity index (χ0v) is 17.3. The second-order valence-electron chi connectivity index (χ2n) is 7.70. The van der Waals surface area contributed by atoms with E-state index in [1.807, 2.05) is 12.1 Å². The van der Waals surface area contributed by atoms with Crippen molar-refractivity contribution in [3.8, 4) is 0 Å². The highest BCUT2D eigenvalue weighted by atomic mass is 19.4. The van der Waals surface area contributed by atoms with Crippen LogP contribution in [-0.2, 0) is 17.3 Å². The second-order valence-corrected chi connectivity index (χ2v) is 7.70. The van der Waals surface area contributed by atoms with Gasteiger partial charge >= 0.3 is 6.18 Å². The molecule has 0 amide bonds. The third-order valence-electron chi connectivity index (χ3n) is 5.54. The lowest BCUT2D eigenvalue weighted by atomic mass is 9.84. The first-order valence-corrected chi connectivity index (χ1v) is 10.5. The largest absolute Gasteiger partial charge is 0.431 e. The van der Waals surface area contributed by atoms with E-state index in [2.05, 4.69) is 44.6 Å². The molecule has 0 unspecified atom stereocenters. The third kappa shape index (κ3) is 4.83. The van der Waals surface area contributed by atoms with Gasteiger partial charge in [0.15, 0.2) is 0 Å². The SMILES string of the molecule is CCCOCCN[C@@H]1CCc2ccccc2[C@H]1Nc1ncnc2[nH]c(C(F)(F)F)cc12. The van der Waals surface area contributed by atoms with E-state index in [1.165, 1.54) is 11.9 Å². The molecule has 3 N–H and O–H groups in total. The molecule has 0 bridgehead atoms. The molecule has 1 aliphatic rings. The monoisotopic (exact) mass is 433 g/mol. The van der Waals surface area contributed by atoms with E-state index in [1.54, 1.807) is 0 Å². The highest BCUT2D eigenvalue weighted by Crippen LogP contribution is 2.36. The van der Waals surface area contributed by atoms with Crippen molar-refractivity contribution in [1.82, 2.24) is 20.3 Å². The van der Waals surface area contributed by atoms with Crippen LogP contribution in [0.25, 0.3) is 11.0 Å². The standard InChI is InChI=1S/C22H26F3N5O/c1-2-10-31-11-9-26-17-8-7-14-5-3-4-6-15(14)19(17)30-21-16-12-18(22(23,24)25)29-20(16)27-13-28-21/h3-6,12-13,17,19,26H,2,7-11H2,1H3,(H2,27,28,29,30)/t17-,19-/m1/s1. The maximum Gasteiger partial charge on any atom is 0.431 e. The van der Waals surface area contributed by atoms with Crippen molar-refractivity contribution < 1.29 is 17.9 Å². The number of aryl methyl sites for hydroxylation is 1. The molecule has 2 atom stereocenters. The molecule has 0 saturated carbocycles. The van der Waals surface area contributed by atoms with Crippen LogP contribution in [0.5, 0.6) is 0 Å². The summed E-state index contributed by atoms with van der Waals surface area (Å²) in [7, 11) is 0. The van der Waals surface area contributed by atoms with Gasteiger partial charge in [-0.3, -0.25) is 0 Å². The molecule has 0 fully saturated rings. The Hall–Kier alpha value is -2.65. The highest BCUT2D eigenvalue weighted by molar-refractivity contribution is 5.88. The summed E-state index contributed by atoms with van der Waals surface area (Å²) >= 11 is 0. The minimum absolute atomic E-state index is 0.0890. The van der Waals surface area contributed by atoms with Crippen LogP contribution in [0.4, 0.5) is 19.0 Å². The Morgan fingerprint density at radius 3 is 2.84 bits per heavy atom. The predicted molar refractivity (Wildman–Crippen MR) is 113 cm³/mol. The first kappa shape index (κ1) is 21.6. The third-order valence-corrected chi connectivity index (χ3v) is 5.54. The van der Waals surface area contributed by atoms with Gasteiger partial charge in [-0.25, -0.2) is 9.97 Å².